The molecule has 1 aromatic heterocycles. The highest BCUT2D eigenvalue weighted by atomic mass is 32.1. The van der Waals surface area contributed by atoms with Crippen LogP contribution in [0.2, 0.25) is 0 Å². The fourth-order valence-corrected chi connectivity index (χ4v) is 14.7. The first kappa shape index (κ1) is 45.2. The van der Waals surface area contributed by atoms with E-state index >= 15 is 0 Å². The summed E-state index contributed by atoms with van der Waals surface area (Å²) < 4.78 is 2.93. The number of rotatable bonds is 2. The molecule has 3 aliphatic carbocycles. The van der Waals surface area contributed by atoms with Gasteiger partial charge < -0.3 is 9.80 Å². The Morgan fingerprint density at radius 3 is 1.67 bits per heavy atom. The van der Waals surface area contributed by atoms with Gasteiger partial charge in [0.25, 0.3) is 6.71 Å². The summed E-state index contributed by atoms with van der Waals surface area (Å²) in [5, 5.41) is 1.43. The maximum Gasteiger partial charge on any atom is 0.264 e. The number of nitrogens with zero attached hydrogens (tertiary/aromatic N) is 2. The Morgan fingerprint density at radius 2 is 1.07 bits per heavy atom. The number of fused-ring (bicyclic) bond motifs is 9. The van der Waals surface area contributed by atoms with Gasteiger partial charge in [0.15, 0.2) is 0 Å². The van der Waals surface area contributed by atoms with Crippen LogP contribution in [-0.4, -0.2) is 6.71 Å². The van der Waals surface area contributed by atoms with E-state index in [4.69, 9.17) is 0 Å². The third kappa shape index (κ3) is 6.74. The zero-order valence-corrected chi connectivity index (χ0v) is 45.0. The third-order valence-electron chi connectivity index (χ3n) is 18.2. The molecule has 2 unspecified atom stereocenters. The van der Waals surface area contributed by atoms with Crippen molar-refractivity contribution in [2.75, 3.05) is 9.80 Å². The van der Waals surface area contributed by atoms with Crippen molar-refractivity contribution in [3.8, 4) is 0 Å². The lowest BCUT2D eigenvalue weighted by atomic mass is 9.36. The molecule has 0 saturated heterocycles. The molecule has 6 aromatic rings. The maximum absolute atomic E-state index is 2.78. The van der Waals surface area contributed by atoms with Crippen LogP contribution in [0.4, 0.5) is 34.1 Å². The van der Waals surface area contributed by atoms with Gasteiger partial charge >= 0.3 is 0 Å². The van der Waals surface area contributed by atoms with Crippen molar-refractivity contribution in [3.63, 3.8) is 0 Å². The summed E-state index contributed by atoms with van der Waals surface area (Å²) in [6.07, 6.45) is 7.33. The van der Waals surface area contributed by atoms with Crippen LogP contribution in [0.1, 0.15) is 211 Å². The summed E-state index contributed by atoms with van der Waals surface area (Å²) in [4.78, 5) is 5.51. The van der Waals surface area contributed by atoms with Crippen LogP contribution in [-0.2, 0) is 32.5 Å². The molecule has 3 heterocycles. The van der Waals surface area contributed by atoms with E-state index in [1.807, 2.05) is 0 Å². The molecule has 2 nitrogen and oxygen atoms in total. The Labute approximate surface area is 409 Å². The van der Waals surface area contributed by atoms with Crippen LogP contribution >= 0.6 is 11.3 Å². The van der Waals surface area contributed by atoms with Gasteiger partial charge in [0, 0.05) is 43.3 Å². The van der Waals surface area contributed by atoms with E-state index in [-0.39, 0.29) is 39.2 Å². The summed E-state index contributed by atoms with van der Waals surface area (Å²) in [5.41, 5.74) is 24.6. The fraction of sp³-hybridized carbons (Fsp3) is 0.492. The Balaban J connectivity index is 1.29. The summed E-state index contributed by atoms with van der Waals surface area (Å²) in [6, 6.07) is 31.0. The Kier molecular flexibility index (Phi) is 9.71. The van der Waals surface area contributed by atoms with Crippen LogP contribution < -0.4 is 25.5 Å². The molecule has 0 fully saturated rings. The van der Waals surface area contributed by atoms with Crippen LogP contribution in [0, 0.1) is 6.92 Å². The lowest BCUT2D eigenvalue weighted by Gasteiger charge is -2.47. The van der Waals surface area contributed by atoms with Crippen molar-refractivity contribution in [1.82, 2.24) is 0 Å². The topological polar surface area (TPSA) is 6.48 Å². The van der Waals surface area contributed by atoms with Gasteiger partial charge in [0.05, 0.1) is 5.69 Å². The van der Waals surface area contributed by atoms with Crippen molar-refractivity contribution in [2.24, 2.45) is 0 Å². The first-order valence-electron chi connectivity index (χ1n) is 26.0. The third-order valence-corrected chi connectivity index (χ3v) is 19.4. The highest BCUT2D eigenvalue weighted by Gasteiger charge is 2.48. The lowest BCUT2D eigenvalue weighted by Crippen LogP contribution is -2.60. The largest absolute Gasteiger partial charge is 0.311 e. The molecular weight excluding hydrogens is 828 g/mol. The van der Waals surface area contributed by atoms with E-state index in [9.17, 15) is 0 Å². The Hall–Kier alpha value is -4.28. The van der Waals surface area contributed by atoms with Gasteiger partial charge in [-0.2, -0.15) is 0 Å². The summed E-state index contributed by atoms with van der Waals surface area (Å²) in [5.74, 6) is 1.12. The minimum absolute atomic E-state index is 0.00482. The average molecular weight is 905 g/mol. The van der Waals surface area contributed by atoms with E-state index in [0.717, 1.165) is 0 Å². The molecule has 0 amide bonds. The molecule has 11 rings (SSSR count). The second-order valence-corrected chi connectivity index (χ2v) is 28.0. The smallest absolute Gasteiger partial charge is 0.264 e. The van der Waals surface area contributed by atoms with Crippen molar-refractivity contribution >= 4 is 78.0 Å². The molecule has 0 bridgehead atoms. The first-order chi connectivity index (χ1) is 31.2. The van der Waals surface area contributed by atoms with Gasteiger partial charge in [-0.3, -0.25) is 0 Å². The van der Waals surface area contributed by atoms with Crippen LogP contribution in [0.15, 0.2) is 72.8 Å². The fourth-order valence-electron chi connectivity index (χ4n) is 13.3. The molecular formula is C63H77BN2S. The molecule has 4 heteroatoms. The number of aryl methyl sites for hydroxylation is 1. The molecule has 2 aliphatic heterocycles. The van der Waals surface area contributed by atoms with Gasteiger partial charge in [-0.25, -0.2) is 0 Å². The van der Waals surface area contributed by atoms with Gasteiger partial charge in [-0.15, -0.1) is 11.3 Å². The summed E-state index contributed by atoms with van der Waals surface area (Å²) in [7, 11) is 0. The van der Waals surface area contributed by atoms with E-state index in [1.165, 1.54) is 137 Å². The van der Waals surface area contributed by atoms with Crippen molar-refractivity contribution in [1.29, 1.82) is 0 Å². The molecule has 0 saturated carbocycles. The van der Waals surface area contributed by atoms with E-state index < -0.39 is 0 Å². The molecule has 2 atom stereocenters. The summed E-state index contributed by atoms with van der Waals surface area (Å²) in [6.45, 7) is 41.7. The van der Waals surface area contributed by atoms with Gasteiger partial charge in [-0.05, 0) is 199 Å². The number of hydrogen-bond acceptors (Lipinski definition) is 3. The molecule has 0 spiro atoms. The van der Waals surface area contributed by atoms with Crippen LogP contribution in [0.5, 0.6) is 0 Å². The molecule has 348 valence electrons. The van der Waals surface area contributed by atoms with E-state index in [0.29, 0.717) is 11.8 Å². The van der Waals surface area contributed by atoms with Gasteiger partial charge in [-0.1, -0.05) is 135 Å². The van der Waals surface area contributed by atoms with Crippen molar-refractivity contribution in [2.45, 2.75) is 201 Å². The maximum atomic E-state index is 2.78. The molecule has 67 heavy (non-hydrogen) atoms. The predicted octanol–water partition coefficient (Wildman–Crippen LogP) is 16.6. The Bertz CT molecular complexity index is 3070. The van der Waals surface area contributed by atoms with Crippen LogP contribution in [0.25, 0.3) is 10.1 Å². The molecule has 5 aromatic carbocycles. The van der Waals surface area contributed by atoms with Gasteiger partial charge in [0.1, 0.15) is 0 Å². The number of hydrogen-bond donors (Lipinski definition) is 0. The molecule has 0 radical (unpaired) electrons. The standard InChI is InChI=1S/C63H77BN2S/c1-36-18-19-37(2)43-34-54-44(33-42(36)43)56-57(67-54)64-49-29-39(58(4,5)6)20-23-50(49)66(51-35-48-46(28-38(51)3)61(12,13)26-27-63(48,16)17)53-31-40(59(7,8)9)30-52(55(53)64)65(56)41-21-22-45-47(32-41)62(14,15)25-24-60(45,10)11/h20-23,28-37H,18-19,24-27H2,1-17H3. The second-order valence-electron chi connectivity index (χ2n) is 26.9. The zero-order valence-electron chi connectivity index (χ0n) is 44.2. The second kappa shape index (κ2) is 14.4. The van der Waals surface area contributed by atoms with E-state index in [2.05, 4.69) is 212 Å². The highest BCUT2D eigenvalue weighted by Crippen LogP contribution is 2.55. The monoisotopic (exact) mass is 905 g/mol. The van der Waals surface area contributed by atoms with Gasteiger partial charge in [0.2, 0.25) is 0 Å². The summed E-state index contributed by atoms with van der Waals surface area (Å²) >= 11 is 2.09. The van der Waals surface area contributed by atoms with Crippen molar-refractivity contribution < 1.29 is 0 Å². The minimum atomic E-state index is -0.0881. The average Bonchev–Trinajstić information content (AvgIpc) is 3.62. The SMILES string of the molecule is Cc1cc2c(cc1N1c3ccc(C(C)(C)C)cc3B3c4sc5cc6c(cc5c4N(c4ccc5c(c4)C(C)(C)CCC5(C)C)c4cc(C(C)(C)C)cc1c43)C(C)CCC6C)C(C)(C)CCC2(C)C. The number of benzene rings is 5. The normalized spacial score (nSPS) is 21.8. The molecule has 5 aliphatic rings. The zero-order chi connectivity index (χ0) is 47.9. The minimum Gasteiger partial charge on any atom is -0.311 e. The highest BCUT2D eigenvalue weighted by molar-refractivity contribution is 7.33. The predicted molar refractivity (Wildman–Crippen MR) is 295 cm³/mol. The number of thiophene rings is 1. The van der Waals surface area contributed by atoms with Crippen molar-refractivity contribution in [3.05, 3.63) is 123 Å². The number of anilines is 6. The Morgan fingerprint density at radius 1 is 0.537 bits per heavy atom. The lowest BCUT2D eigenvalue weighted by molar-refractivity contribution is 0.332. The molecule has 0 N–H and O–H groups in total. The first-order valence-corrected chi connectivity index (χ1v) is 26.8. The quantitative estimate of drug-likeness (QED) is 0.160. The van der Waals surface area contributed by atoms with E-state index in [1.54, 1.807) is 11.1 Å². The van der Waals surface area contributed by atoms with Crippen LogP contribution in [0.3, 0.4) is 0 Å².